The molecule has 0 unspecified atom stereocenters. The van der Waals surface area contributed by atoms with Gasteiger partial charge >= 0.3 is 12.0 Å². The van der Waals surface area contributed by atoms with E-state index in [1.807, 2.05) is 0 Å². The first-order chi connectivity index (χ1) is 8.70. The van der Waals surface area contributed by atoms with Crippen molar-refractivity contribution in [3.8, 4) is 0 Å². The molecule has 8 heteroatoms. The van der Waals surface area contributed by atoms with Crippen LogP contribution in [0.5, 0.6) is 0 Å². The summed E-state index contributed by atoms with van der Waals surface area (Å²) in [6, 6.07) is -0.243. The Morgan fingerprint density at radius 1 is 1.32 bits per heavy atom. The van der Waals surface area contributed by atoms with Gasteiger partial charge in [0, 0.05) is 32.9 Å². The number of piperidine rings is 1. The Morgan fingerprint density at radius 2 is 1.84 bits per heavy atom. The zero-order chi connectivity index (χ0) is 14.6. The molecular weight excluding hydrogens is 272 g/mol. The highest BCUT2D eigenvalue weighted by Gasteiger charge is 2.28. The van der Waals surface area contributed by atoms with Gasteiger partial charge in [0.1, 0.15) is 9.84 Å². The Morgan fingerprint density at radius 3 is 2.26 bits per heavy atom. The highest BCUT2D eigenvalue weighted by molar-refractivity contribution is 7.90. The number of carbonyl (C=O) groups is 2. The molecule has 0 atom stereocenters. The summed E-state index contributed by atoms with van der Waals surface area (Å²) in [4.78, 5) is 25.7. The fraction of sp³-hybridized carbons (Fsp3) is 0.818. The van der Waals surface area contributed by atoms with Crippen LogP contribution >= 0.6 is 0 Å². The second kappa shape index (κ2) is 6.23. The molecule has 0 aromatic carbocycles. The predicted octanol–water partition coefficient (Wildman–Crippen LogP) is -0.121. The highest BCUT2D eigenvalue weighted by atomic mass is 32.2. The van der Waals surface area contributed by atoms with E-state index in [-0.39, 0.29) is 24.2 Å². The zero-order valence-electron chi connectivity index (χ0n) is 11.2. The van der Waals surface area contributed by atoms with Gasteiger partial charge in [-0.2, -0.15) is 0 Å². The maximum atomic E-state index is 12.0. The summed E-state index contributed by atoms with van der Waals surface area (Å²) in [5.74, 6) is -1.27. The number of carboxylic acids is 1. The molecule has 2 amide bonds. The molecular formula is C11H20N2O5S. The van der Waals surface area contributed by atoms with Gasteiger partial charge in [-0.1, -0.05) is 0 Å². The summed E-state index contributed by atoms with van der Waals surface area (Å²) in [7, 11) is -1.54. The molecule has 0 aliphatic carbocycles. The van der Waals surface area contributed by atoms with Crippen molar-refractivity contribution in [1.82, 2.24) is 9.80 Å². The van der Waals surface area contributed by atoms with E-state index in [1.54, 1.807) is 11.9 Å². The fourth-order valence-corrected chi connectivity index (χ4v) is 2.56. The minimum Gasteiger partial charge on any atom is -0.481 e. The van der Waals surface area contributed by atoms with E-state index < -0.39 is 15.8 Å². The van der Waals surface area contributed by atoms with Crippen LogP contribution in [0.15, 0.2) is 0 Å². The Bertz CT molecular complexity index is 440. The third kappa shape index (κ3) is 5.06. The summed E-state index contributed by atoms with van der Waals surface area (Å²) in [5.41, 5.74) is 0. The topological polar surface area (TPSA) is 95.0 Å². The number of amides is 2. The monoisotopic (exact) mass is 292 g/mol. The van der Waals surface area contributed by atoms with Crippen LogP contribution in [0.1, 0.15) is 12.8 Å². The van der Waals surface area contributed by atoms with Crippen molar-refractivity contribution in [2.45, 2.75) is 12.8 Å². The number of rotatable bonds is 4. The SMILES string of the molecule is CN(CCS(C)(=O)=O)C(=O)N1CCC(C(=O)O)CC1. The molecule has 1 saturated heterocycles. The molecule has 0 bridgehead atoms. The Kier molecular flexibility index (Phi) is 5.16. The van der Waals surface area contributed by atoms with Crippen molar-refractivity contribution in [3.63, 3.8) is 0 Å². The van der Waals surface area contributed by atoms with Crippen LogP contribution in [0.4, 0.5) is 4.79 Å². The van der Waals surface area contributed by atoms with Gasteiger partial charge in [-0.25, -0.2) is 13.2 Å². The number of carboxylic acid groups (broad SMARTS) is 1. The van der Waals surface area contributed by atoms with E-state index in [2.05, 4.69) is 0 Å². The molecule has 1 rings (SSSR count). The molecule has 0 radical (unpaired) electrons. The summed E-state index contributed by atoms with van der Waals surface area (Å²) in [6.45, 7) is 0.953. The van der Waals surface area contributed by atoms with Crippen LogP contribution in [0, 0.1) is 5.92 Å². The lowest BCUT2D eigenvalue weighted by Gasteiger charge is -2.33. The lowest BCUT2D eigenvalue weighted by atomic mass is 9.97. The predicted molar refractivity (Wildman–Crippen MR) is 69.7 cm³/mol. The third-order valence-electron chi connectivity index (χ3n) is 3.24. The van der Waals surface area contributed by atoms with Crippen LogP contribution in [0.3, 0.4) is 0 Å². The molecule has 1 aliphatic heterocycles. The number of carbonyl (C=O) groups excluding carboxylic acids is 1. The molecule has 19 heavy (non-hydrogen) atoms. The molecule has 0 aromatic heterocycles. The van der Waals surface area contributed by atoms with Crippen LogP contribution in [-0.2, 0) is 14.6 Å². The molecule has 1 N–H and O–H groups in total. The van der Waals surface area contributed by atoms with E-state index >= 15 is 0 Å². The Balaban J connectivity index is 2.44. The average Bonchev–Trinajstić information content (AvgIpc) is 2.34. The van der Waals surface area contributed by atoms with Gasteiger partial charge in [-0.3, -0.25) is 4.79 Å². The van der Waals surface area contributed by atoms with Crippen LogP contribution < -0.4 is 0 Å². The molecule has 0 saturated carbocycles. The maximum Gasteiger partial charge on any atom is 0.319 e. The molecule has 1 fully saturated rings. The standard InChI is InChI=1S/C11H20N2O5S/c1-12(7-8-19(2,17)18)11(16)13-5-3-9(4-6-13)10(14)15/h9H,3-8H2,1-2H3,(H,14,15). The smallest absolute Gasteiger partial charge is 0.319 e. The van der Waals surface area contributed by atoms with Crippen molar-refractivity contribution in [3.05, 3.63) is 0 Å². The number of urea groups is 1. The lowest BCUT2D eigenvalue weighted by molar-refractivity contribution is -0.143. The Labute approximate surface area is 113 Å². The number of sulfone groups is 1. The first-order valence-electron chi connectivity index (χ1n) is 6.11. The quantitative estimate of drug-likeness (QED) is 0.779. The summed E-state index contributed by atoms with van der Waals surface area (Å²) >= 11 is 0. The van der Waals surface area contributed by atoms with Crippen molar-refractivity contribution in [2.75, 3.05) is 38.7 Å². The van der Waals surface area contributed by atoms with Gasteiger partial charge in [-0.15, -0.1) is 0 Å². The molecule has 0 aromatic rings. The van der Waals surface area contributed by atoms with E-state index in [4.69, 9.17) is 5.11 Å². The second-order valence-electron chi connectivity index (χ2n) is 4.93. The normalized spacial score (nSPS) is 17.3. The zero-order valence-corrected chi connectivity index (χ0v) is 12.0. The number of likely N-dealkylation sites (tertiary alicyclic amines) is 1. The van der Waals surface area contributed by atoms with Gasteiger partial charge in [0.15, 0.2) is 0 Å². The minimum atomic E-state index is -3.09. The van der Waals surface area contributed by atoms with Gasteiger partial charge in [0.05, 0.1) is 11.7 Å². The van der Waals surface area contributed by atoms with Crippen molar-refractivity contribution in [1.29, 1.82) is 0 Å². The second-order valence-corrected chi connectivity index (χ2v) is 7.19. The summed E-state index contributed by atoms with van der Waals surface area (Å²) < 4.78 is 22.1. The minimum absolute atomic E-state index is 0.0686. The van der Waals surface area contributed by atoms with Crippen LogP contribution in [0.2, 0.25) is 0 Å². The van der Waals surface area contributed by atoms with E-state index in [9.17, 15) is 18.0 Å². The Hall–Kier alpha value is -1.31. The van der Waals surface area contributed by atoms with Crippen LogP contribution in [-0.4, -0.2) is 74.0 Å². The number of aliphatic carboxylic acids is 1. The molecule has 7 nitrogen and oxygen atoms in total. The van der Waals surface area contributed by atoms with E-state index in [1.165, 1.54) is 4.90 Å². The van der Waals surface area contributed by atoms with E-state index in [0.717, 1.165) is 6.26 Å². The summed E-state index contributed by atoms with van der Waals surface area (Å²) in [5, 5.41) is 8.87. The summed E-state index contributed by atoms with van der Waals surface area (Å²) in [6.07, 6.45) is 2.02. The molecule has 0 spiro atoms. The van der Waals surface area contributed by atoms with Gasteiger partial charge in [0.2, 0.25) is 0 Å². The first kappa shape index (κ1) is 15.7. The fourth-order valence-electron chi connectivity index (χ4n) is 1.96. The molecule has 1 heterocycles. The van der Waals surface area contributed by atoms with Crippen molar-refractivity contribution >= 4 is 21.8 Å². The van der Waals surface area contributed by atoms with Crippen LogP contribution in [0.25, 0.3) is 0 Å². The number of hydrogen-bond donors (Lipinski definition) is 1. The average molecular weight is 292 g/mol. The largest absolute Gasteiger partial charge is 0.481 e. The van der Waals surface area contributed by atoms with Gasteiger partial charge < -0.3 is 14.9 Å². The maximum absolute atomic E-state index is 12.0. The molecule has 110 valence electrons. The number of nitrogens with zero attached hydrogens (tertiary/aromatic N) is 2. The molecule has 1 aliphatic rings. The van der Waals surface area contributed by atoms with Crippen molar-refractivity contribution < 1.29 is 23.1 Å². The lowest BCUT2D eigenvalue weighted by Crippen LogP contribution is -2.47. The van der Waals surface area contributed by atoms with Gasteiger partial charge in [0.25, 0.3) is 0 Å². The van der Waals surface area contributed by atoms with E-state index in [0.29, 0.717) is 25.9 Å². The first-order valence-corrected chi connectivity index (χ1v) is 8.17. The number of hydrogen-bond acceptors (Lipinski definition) is 4. The van der Waals surface area contributed by atoms with Crippen molar-refractivity contribution in [2.24, 2.45) is 5.92 Å². The highest BCUT2D eigenvalue weighted by Crippen LogP contribution is 2.18. The van der Waals surface area contributed by atoms with Gasteiger partial charge in [-0.05, 0) is 12.8 Å². The third-order valence-corrected chi connectivity index (χ3v) is 4.16.